The van der Waals surface area contributed by atoms with E-state index in [0.717, 1.165) is 23.2 Å². The number of benzene rings is 1. The zero-order valence-electron chi connectivity index (χ0n) is 11.0. The molecule has 2 N–H and O–H groups in total. The van der Waals surface area contributed by atoms with Crippen molar-refractivity contribution in [3.05, 3.63) is 27.3 Å². The van der Waals surface area contributed by atoms with E-state index < -0.39 is 0 Å². The van der Waals surface area contributed by atoms with Gasteiger partial charge in [-0.05, 0) is 73.6 Å². The quantitative estimate of drug-likeness (QED) is 0.795. The fourth-order valence-electron chi connectivity index (χ4n) is 2.36. The zero-order chi connectivity index (χ0) is 13.8. The van der Waals surface area contributed by atoms with Crippen LogP contribution >= 0.6 is 22.6 Å². The number of amides is 1. The van der Waals surface area contributed by atoms with Crippen molar-refractivity contribution < 1.29 is 9.90 Å². The summed E-state index contributed by atoms with van der Waals surface area (Å²) in [4.78, 5) is 14.4. The fourth-order valence-corrected chi connectivity index (χ4v) is 2.69. The maximum atomic E-state index is 12.0. The van der Waals surface area contributed by atoms with Crippen molar-refractivity contribution in [1.82, 2.24) is 10.2 Å². The van der Waals surface area contributed by atoms with E-state index >= 15 is 0 Å². The molecule has 1 aliphatic heterocycles. The highest BCUT2D eigenvalue weighted by molar-refractivity contribution is 14.1. The Bertz CT molecular complexity index is 459. The van der Waals surface area contributed by atoms with Crippen LogP contribution in [0, 0.1) is 3.57 Å². The first kappa shape index (κ1) is 14.6. The number of halogens is 1. The third-order valence-corrected chi connectivity index (χ3v) is 4.23. The Morgan fingerprint density at radius 1 is 1.47 bits per heavy atom. The van der Waals surface area contributed by atoms with Crippen molar-refractivity contribution in [2.75, 3.05) is 19.6 Å². The summed E-state index contributed by atoms with van der Waals surface area (Å²) in [7, 11) is 0. The molecule has 1 heterocycles. The number of nitrogens with one attached hydrogen (secondary N) is 1. The summed E-state index contributed by atoms with van der Waals surface area (Å²) in [6.45, 7) is 5.17. The van der Waals surface area contributed by atoms with Crippen LogP contribution in [0.4, 0.5) is 0 Å². The molecule has 1 aliphatic rings. The maximum Gasteiger partial charge on any atom is 0.251 e. The summed E-state index contributed by atoms with van der Waals surface area (Å²) in [5, 5.41) is 12.6. The Balaban J connectivity index is 1.90. The Kier molecular flexibility index (Phi) is 5.04. The number of likely N-dealkylation sites (tertiary alicyclic amines) is 1. The van der Waals surface area contributed by atoms with Crippen molar-refractivity contribution in [2.45, 2.75) is 25.8 Å². The van der Waals surface area contributed by atoms with E-state index in [1.165, 1.54) is 18.9 Å². The molecular formula is C14H19IN2O2. The predicted octanol–water partition coefficient (Wildman–Crippen LogP) is 2.21. The lowest BCUT2D eigenvalue weighted by molar-refractivity contribution is 0.0931. The molecule has 1 unspecified atom stereocenters. The third-order valence-electron chi connectivity index (χ3n) is 3.32. The minimum Gasteiger partial charge on any atom is -0.507 e. The molecule has 0 bridgehead atoms. The molecule has 104 valence electrons. The largest absolute Gasteiger partial charge is 0.507 e. The first-order chi connectivity index (χ1) is 9.06. The average molecular weight is 374 g/mol. The molecular weight excluding hydrogens is 355 g/mol. The molecule has 0 saturated carbocycles. The second-order valence-corrected chi connectivity index (χ2v) is 6.21. The first-order valence-electron chi connectivity index (χ1n) is 6.58. The SMILES string of the molecule is CC(CN1CCCC1)NC(=O)c1ccc(I)c(O)c1. The summed E-state index contributed by atoms with van der Waals surface area (Å²) in [5.41, 5.74) is 0.506. The second-order valence-electron chi connectivity index (χ2n) is 5.05. The second kappa shape index (κ2) is 6.56. The van der Waals surface area contributed by atoms with Crippen molar-refractivity contribution in [3.63, 3.8) is 0 Å². The van der Waals surface area contributed by atoms with Gasteiger partial charge in [-0.25, -0.2) is 0 Å². The topological polar surface area (TPSA) is 52.6 Å². The molecule has 1 aromatic rings. The highest BCUT2D eigenvalue weighted by Crippen LogP contribution is 2.20. The molecule has 1 amide bonds. The van der Waals surface area contributed by atoms with E-state index in [0.29, 0.717) is 5.56 Å². The standard InChI is InChI=1S/C14H19IN2O2/c1-10(9-17-6-2-3-7-17)16-14(19)11-4-5-12(15)13(18)8-11/h4-5,8,10,18H,2-3,6-7,9H2,1H3,(H,16,19). The third kappa shape index (κ3) is 4.07. The van der Waals surface area contributed by atoms with Crippen LogP contribution in [-0.2, 0) is 0 Å². The van der Waals surface area contributed by atoms with Gasteiger partial charge in [-0.3, -0.25) is 4.79 Å². The van der Waals surface area contributed by atoms with E-state index in [2.05, 4.69) is 10.2 Å². The lowest BCUT2D eigenvalue weighted by Gasteiger charge is -2.21. The van der Waals surface area contributed by atoms with Gasteiger partial charge in [0.15, 0.2) is 0 Å². The highest BCUT2D eigenvalue weighted by atomic mass is 127. The molecule has 0 aliphatic carbocycles. The molecule has 0 radical (unpaired) electrons. The van der Waals surface area contributed by atoms with Crippen molar-refractivity contribution in [2.24, 2.45) is 0 Å². The van der Waals surface area contributed by atoms with Crippen molar-refractivity contribution >= 4 is 28.5 Å². The molecule has 19 heavy (non-hydrogen) atoms. The summed E-state index contributed by atoms with van der Waals surface area (Å²) < 4.78 is 0.749. The van der Waals surface area contributed by atoms with Gasteiger partial charge in [0, 0.05) is 18.2 Å². The van der Waals surface area contributed by atoms with Gasteiger partial charge in [0.05, 0.1) is 3.57 Å². The molecule has 5 heteroatoms. The number of aromatic hydroxyl groups is 1. The van der Waals surface area contributed by atoms with Crippen LogP contribution in [0.25, 0.3) is 0 Å². The van der Waals surface area contributed by atoms with E-state index in [-0.39, 0.29) is 17.7 Å². The van der Waals surface area contributed by atoms with E-state index in [1.54, 1.807) is 12.1 Å². The molecule has 0 spiro atoms. The van der Waals surface area contributed by atoms with Gasteiger partial charge in [-0.2, -0.15) is 0 Å². The monoisotopic (exact) mass is 374 g/mol. The number of hydrogen-bond donors (Lipinski definition) is 2. The van der Waals surface area contributed by atoms with Crippen LogP contribution in [0.5, 0.6) is 5.75 Å². The van der Waals surface area contributed by atoms with E-state index in [9.17, 15) is 9.90 Å². The molecule has 4 nitrogen and oxygen atoms in total. The summed E-state index contributed by atoms with van der Waals surface area (Å²) in [5.74, 6) is 0.0267. The van der Waals surface area contributed by atoms with Crippen LogP contribution in [0.3, 0.4) is 0 Å². The summed E-state index contributed by atoms with van der Waals surface area (Å²) in [6.07, 6.45) is 2.51. The zero-order valence-corrected chi connectivity index (χ0v) is 13.2. The van der Waals surface area contributed by atoms with Gasteiger partial charge in [0.2, 0.25) is 0 Å². The lowest BCUT2D eigenvalue weighted by atomic mass is 10.2. The van der Waals surface area contributed by atoms with Gasteiger partial charge in [0.25, 0.3) is 5.91 Å². The molecule has 1 atom stereocenters. The molecule has 1 fully saturated rings. The number of phenolic OH excluding ortho intramolecular Hbond substituents is 1. The fraction of sp³-hybridized carbons (Fsp3) is 0.500. The van der Waals surface area contributed by atoms with Crippen LogP contribution in [0.15, 0.2) is 18.2 Å². The minimum absolute atomic E-state index is 0.118. The first-order valence-corrected chi connectivity index (χ1v) is 7.66. The Hall–Kier alpha value is -0.820. The highest BCUT2D eigenvalue weighted by Gasteiger charge is 2.17. The van der Waals surface area contributed by atoms with Crippen LogP contribution < -0.4 is 5.32 Å². The van der Waals surface area contributed by atoms with Crippen LogP contribution in [0.2, 0.25) is 0 Å². The molecule has 1 aromatic carbocycles. The van der Waals surface area contributed by atoms with E-state index in [4.69, 9.17) is 0 Å². The Morgan fingerprint density at radius 3 is 2.79 bits per heavy atom. The lowest BCUT2D eigenvalue weighted by Crippen LogP contribution is -2.41. The van der Waals surface area contributed by atoms with Crippen LogP contribution in [0.1, 0.15) is 30.1 Å². The number of hydrogen-bond acceptors (Lipinski definition) is 3. The number of carbonyl (C=O) groups excluding carboxylic acids is 1. The summed E-state index contributed by atoms with van der Waals surface area (Å²) in [6, 6.07) is 5.11. The number of phenols is 1. The van der Waals surface area contributed by atoms with Gasteiger partial charge >= 0.3 is 0 Å². The van der Waals surface area contributed by atoms with Gasteiger partial charge in [0.1, 0.15) is 5.75 Å². The summed E-state index contributed by atoms with van der Waals surface area (Å²) >= 11 is 2.03. The Labute approximate surface area is 127 Å². The van der Waals surface area contributed by atoms with Crippen molar-refractivity contribution in [1.29, 1.82) is 0 Å². The number of carbonyl (C=O) groups is 1. The molecule has 2 rings (SSSR count). The van der Waals surface area contributed by atoms with Crippen molar-refractivity contribution in [3.8, 4) is 5.75 Å². The smallest absolute Gasteiger partial charge is 0.251 e. The number of rotatable bonds is 4. The van der Waals surface area contributed by atoms with Gasteiger partial charge in [-0.1, -0.05) is 0 Å². The average Bonchev–Trinajstić information content (AvgIpc) is 2.85. The number of nitrogens with zero attached hydrogens (tertiary/aromatic N) is 1. The van der Waals surface area contributed by atoms with Gasteiger partial charge < -0.3 is 15.3 Å². The minimum atomic E-state index is -0.126. The van der Waals surface area contributed by atoms with E-state index in [1.807, 2.05) is 29.5 Å². The van der Waals surface area contributed by atoms with Crippen LogP contribution in [-0.4, -0.2) is 41.6 Å². The normalized spacial score (nSPS) is 17.4. The predicted molar refractivity (Wildman–Crippen MR) is 83.4 cm³/mol. The molecule has 0 aromatic heterocycles. The van der Waals surface area contributed by atoms with Gasteiger partial charge in [-0.15, -0.1) is 0 Å². The molecule has 1 saturated heterocycles. The maximum absolute atomic E-state index is 12.0. The Morgan fingerprint density at radius 2 is 2.16 bits per heavy atom.